The van der Waals surface area contributed by atoms with Crippen LogP contribution in [0.5, 0.6) is 0 Å². The van der Waals surface area contributed by atoms with Crippen LogP contribution >= 0.6 is 0 Å². The van der Waals surface area contributed by atoms with Gasteiger partial charge < -0.3 is 9.80 Å². The maximum atomic E-state index is 12.4. The Balaban J connectivity index is 1.76. The molecule has 0 spiro atoms. The van der Waals surface area contributed by atoms with Gasteiger partial charge in [0.2, 0.25) is 0 Å². The first-order chi connectivity index (χ1) is 9.84. The summed E-state index contributed by atoms with van der Waals surface area (Å²) in [6.45, 7) is 3.80. The summed E-state index contributed by atoms with van der Waals surface area (Å²) in [5.74, 6) is 0.963. The lowest BCUT2D eigenvalue weighted by atomic mass is 10.2. The van der Waals surface area contributed by atoms with E-state index in [0.717, 1.165) is 44.8 Å². The Morgan fingerprint density at radius 2 is 1.55 bits per heavy atom. The molecule has 0 N–H and O–H groups in total. The summed E-state index contributed by atoms with van der Waals surface area (Å²) >= 11 is 0. The van der Waals surface area contributed by atoms with Gasteiger partial charge in [-0.2, -0.15) is 0 Å². The molecule has 1 aromatic heterocycles. The molecule has 20 heavy (non-hydrogen) atoms. The summed E-state index contributed by atoms with van der Waals surface area (Å²) in [6, 6.07) is 1.87. The van der Waals surface area contributed by atoms with Crippen LogP contribution < -0.4 is 4.90 Å². The second-order valence-corrected chi connectivity index (χ2v) is 5.66. The highest BCUT2D eigenvalue weighted by Gasteiger charge is 2.21. The van der Waals surface area contributed by atoms with E-state index in [9.17, 15) is 4.79 Å². The molecular formula is C15H22N4O. The highest BCUT2D eigenvalue weighted by Crippen LogP contribution is 2.19. The van der Waals surface area contributed by atoms with Gasteiger partial charge in [-0.15, -0.1) is 0 Å². The molecule has 108 valence electrons. The molecule has 2 fully saturated rings. The third-order valence-corrected chi connectivity index (χ3v) is 4.20. The van der Waals surface area contributed by atoms with Crippen molar-refractivity contribution in [3.8, 4) is 0 Å². The molecule has 2 saturated heterocycles. The van der Waals surface area contributed by atoms with E-state index < -0.39 is 0 Å². The first kappa shape index (κ1) is 13.3. The molecule has 5 heteroatoms. The number of hydrogen-bond acceptors (Lipinski definition) is 4. The van der Waals surface area contributed by atoms with Crippen molar-refractivity contribution in [3.63, 3.8) is 0 Å². The van der Waals surface area contributed by atoms with Gasteiger partial charge in [-0.25, -0.2) is 9.97 Å². The molecular weight excluding hydrogens is 252 g/mol. The van der Waals surface area contributed by atoms with Gasteiger partial charge in [0.1, 0.15) is 17.8 Å². The van der Waals surface area contributed by atoms with Crippen molar-refractivity contribution in [2.45, 2.75) is 38.5 Å². The predicted molar refractivity (Wildman–Crippen MR) is 77.9 cm³/mol. The Kier molecular flexibility index (Phi) is 4.14. The fourth-order valence-corrected chi connectivity index (χ4v) is 3.02. The second-order valence-electron chi connectivity index (χ2n) is 5.66. The number of hydrogen-bond donors (Lipinski definition) is 0. The smallest absolute Gasteiger partial charge is 0.272 e. The number of anilines is 1. The van der Waals surface area contributed by atoms with E-state index in [-0.39, 0.29) is 5.91 Å². The van der Waals surface area contributed by atoms with E-state index in [1.807, 2.05) is 11.0 Å². The van der Waals surface area contributed by atoms with Crippen molar-refractivity contribution in [2.75, 3.05) is 31.1 Å². The standard InChI is InChI=1S/C15H22N4O/c20-15(19-9-5-6-10-19)13-11-14(17-12-16-13)18-7-3-1-2-4-8-18/h11-12H,1-10H2. The van der Waals surface area contributed by atoms with Gasteiger partial charge in [0.05, 0.1) is 0 Å². The molecule has 2 aliphatic heterocycles. The van der Waals surface area contributed by atoms with Crippen LogP contribution in [0, 0.1) is 0 Å². The van der Waals surface area contributed by atoms with Gasteiger partial charge in [-0.05, 0) is 25.7 Å². The number of rotatable bonds is 2. The van der Waals surface area contributed by atoms with Crippen LogP contribution in [0.3, 0.4) is 0 Å². The van der Waals surface area contributed by atoms with E-state index >= 15 is 0 Å². The molecule has 1 amide bonds. The maximum Gasteiger partial charge on any atom is 0.272 e. The van der Waals surface area contributed by atoms with E-state index in [4.69, 9.17) is 0 Å². The minimum absolute atomic E-state index is 0.0565. The predicted octanol–water partition coefficient (Wildman–Crippen LogP) is 2.09. The van der Waals surface area contributed by atoms with Crippen LogP contribution in [0.15, 0.2) is 12.4 Å². The monoisotopic (exact) mass is 274 g/mol. The van der Waals surface area contributed by atoms with Crippen molar-refractivity contribution in [3.05, 3.63) is 18.1 Å². The van der Waals surface area contributed by atoms with Crippen LogP contribution in [0.25, 0.3) is 0 Å². The minimum Gasteiger partial charge on any atom is -0.357 e. The summed E-state index contributed by atoms with van der Waals surface area (Å²) in [5, 5.41) is 0. The highest BCUT2D eigenvalue weighted by molar-refractivity contribution is 5.93. The summed E-state index contributed by atoms with van der Waals surface area (Å²) < 4.78 is 0. The molecule has 0 atom stereocenters. The molecule has 0 aliphatic carbocycles. The summed E-state index contributed by atoms with van der Waals surface area (Å²) in [6.07, 6.45) is 8.75. The van der Waals surface area contributed by atoms with Crippen molar-refractivity contribution >= 4 is 11.7 Å². The Morgan fingerprint density at radius 1 is 0.900 bits per heavy atom. The zero-order valence-corrected chi connectivity index (χ0v) is 11.9. The number of amides is 1. The Bertz CT molecular complexity index is 463. The first-order valence-electron chi connectivity index (χ1n) is 7.71. The van der Waals surface area contributed by atoms with Crippen LogP contribution in [0.4, 0.5) is 5.82 Å². The normalized spacial score (nSPS) is 20.0. The van der Waals surface area contributed by atoms with E-state index in [2.05, 4.69) is 14.9 Å². The molecule has 0 unspecified atom stereocenters. The van der Waals surface area contributed by atoms with Gasteiger partial charge in [-0.3, -0.25) is 4.79 Å². The average Bonchev–Trinajstić information content (AvgIpc) is 2.89. The zero-order valence-electron chi connectivity index (χ0n) is 11.9. The summed E-state index contributed by atoms with van der Waals surface area (Å²) in [7, 11) is 0. The van der Waals surface area contributed by atoms with Gasteiger partial charge in [0, 0.05) is 32.2 Å². The minimum atomic E-state index is 0.0565. The van der Waals surface area contributed by atoms with E-state index in [0.29, 0.717) is 5.69 Å². The molecule has 0 saturated carbocycles. The van der Waals surface area contributed by atoms with Crippen molar-refractivity contribution in [1.29, 1.82) is 0 Å². The summed E-state index contributed by atoms with van der Waals surface area (Å²) in [5.41, 5.74) is 0.543. The first-order valence-corrected chi connectivity index (χ1v) is 7.71. The third kappa shape index (κ3) is 2.92. The maximum absolute atomic E-state index is 12.4. The molecule has 0 bridgehead atoms. The molecule has 3 rings (SSSR count). The average molecular weight is 274 g/mol. The number of likely N-dealkylation sites (tertiary alicyclic amines) is 1. The molecule has 0 aromatic carbocycles. The fourth-order valence-electron chi connectivity index (χ4n) is 3.02. The molecule has 0 radical (unpaired) electrons. The van der Waals surface area contributed by atoms with Crippen LogP contribution in [-0.4, -0.2) is 47.0 Å². The zero-order chi connectivity index (χ0) is 13.8. The van der Waals surface area contributed by atoms with Crippen molar-refractivity contribution in [2.24, 2.45) is 0 Å². The van der Waals surface area contributed by atoms with Gasteiger partial charge in [0.15, 0.2) is 0 Å². The second kappa shape index (κ2) is 6.20. The number of aromatic nitrogens is 2. The number of nitrogens with zero attached hydrogens (tertiary/aromatic N) is 4. The third-order valence-electron chi connectivity index (χ3n) is 4.20. The number of carbonyl (C=O) groups is 1. The largest absolute Gasteiger partial charge is 0.357 e. The van der Waals surface area contributed by atoms with Crippen molar-refractivity contribution < 1.29 is 4.79 Å². The van der Waals surface area contributed by atoms with Crippen LogP contribution in [-0.2, 0) is 0 Å². The molecule has 1 aromatic rings. The van der Waals surface area contributed by atoms with Crippen LogP contribution in [0.2, 0.25) is 0 Å². The van der Waals surface area contributed by atoms with Crippen molar-refractivity contribution in [1.82, 2.24) is 14.9 Å². The SMILES string of the molecule is O=C(c1cc(N2CCCCCC2)ncn1)N1CCCC1. The Morgan fingerprint density at radius 3 is 2.25 bits per heavy atom. The van der Waals surface area contributed by atoms with Gasteiger partial charge in [0.25, 0.3) is 5.91 Å². The molecule has 2 aliphatic rings. The number of carbonyl (C=O) groups excluding carboxylic acids is 1. The highest BCUT2D eigenvalue weighted by atomic mass is 16.2. The van der Waals surface area contributed by atoms with Gasteiger partial charge >= 0.3 is 0 Å². The Labute approximate surface area is 120 Å². The molecule has 3 heterocycles. The lowest BCUT2D eigenvalue weighted by Gasteiger charge is -2.22. The Hall–Kier alpha value is -1.65. The molecule has 5 nitrogen and oxygen atoms in total. The fraction of sp³-hybridized carbons (Fsp3) is 0.667. The quantitative estimate of drug-likeness (QED) is 0.828. The van der Waals surface area contributed by atoms with E-state index in [1.165, 1.54) is 32.0 Å². The van der Waals surface area contributed by atoms with Crippen LogP contribution in [0.1, 0.15) is 49.0 Å². The lowest BCUT2D eigenvalue weighted by molar-refractivity contribution is 0.0787. The van der Waals surface area contributed by atoms with E-state index in [1.54, 1.807) is 0 Å². The van der Waals surface area contributed by atoms with Gasteiger partial charge in [-0.1, -0.05) is 12.8 Å². The summed E-state index contributed by atoms with van der Waals surface area (Å²) in [4.78, 5) is 25.1. The topological polar surface area (TPSA) is 49.3 Å². The lowest BCUT2D eigenvalue weighted by Crippen LogP contribution is -2.29.